The van der Waals surface area contributed by atoms with Crippen LogP contribution in [0.4, 0.5) is 0 Å². The molecule has 2 aromatic rings. The fourth-order valence-electron chi connectivity index (χ4n) is 2.36. The molecule has 2 rings (SSSR count). The van der Waals surface area contributed by atoms with Gasteiger partial charge in [-0.15, -0.1) is 0 Å². The second-order valence-electron chi connectivity index (χ2n) is 5.71. The van der Waals surface area contributed by atoms with Crippen molar-refractivity contribution in [1.29, 1.82) is 0 Å². The number of rotatable bonds is 9. The van der Waals surface area contributed by atoms with Gasteiger partial charge >= 0.3 is 0 Å². The summed E-state index contributed by atoms with van der Waals surface area (Å²) >= 11 is 1.58. The van der Waals surface area contributed by atoms with Gasteiger partial charge in [-0.05, 0) is 61.5 Å². The number of ether oxygens (including phenoxy) is 2. The number of nitrogens with one attached hydrogen (secondary N) is 1. The number of hydrogen-bond donors (Lipinski definition) is 2. The Labute approximate surface area is 177 Å². The van der Waals surface area contributed by atoms with E-state index in [0.29, 0.717) is 17.9 Å². The molecular weight excluding hydrogens is 386 g/mol. The lowest BCUT2D eigenvalue weighted by atomic mass is 10.1. The summed E-state index contributed by atoms with van der Waals surface area (Å²) in [6.45, 7) is 2.64. The number of aliphatic imine (C=N–C) groups is 1. The van der Waals surface area contributed by atoms with Crippen molar-refractivity contribution in [2.45, 2.75) is 24.8 Å². The summed E-state index contributed by atoms with van der Waals surface area (Å²) in [5.74, 6) is 1.59. The van der Waals surface area contributed by atoms with Crippen molar-refractivity contribution in [1.82, 2.24) is 4.72 Å². The number of methoxy groups -OCH3 is 2. The predicted molar refractivity (Wildman–Crippen MR) is 121 cm³/mol. The third-order valence-corrected chi connectivity index (χ3v) is 4.60. The maximum absolute atomic E-state index is 10.6. The number of carbonyl (C=O) groups is 1. The van der Waals surface area contributed by atoms with E-state index in [4.69, 9.17) is 15.2 Å². The number of aryl methyl sites for hydroxylation is 1. The lowest BCUT2D eigenvalue weighted by Gasteiger charge is -2.08. The molecule has 0 radical (unpaired) electrons. The highest BCUT2D eigenvalue weighted by molar-refractivity contribution is 7.97. The normalized spacial score (nSPS) is 10.6. The zero-order chi connectivity index (χ0) is 21.5. The molecule has 2 aromatic carbocycles. The minimum Gasteiger partial charge on any atom is -0.496 e. The molecule has 0 unspecified atom stereocenters. The first kappa shape index (κ1) is 24.3. The van der Waals surface area contributed by atoms with Gasteiger partial charge in [0.1, 0.15) is 17.8 Å². The second kappa shape index (κ2) is 14.3. The van der Waals surface area contributed by atoms with Gasteiger partial charge in [-0.2, -0.15) is 0 Å². The maximum Gasteiger partial charge on any atom is 0.150 e. The Hall–Kier alpha value is -2.77. The number of aldehydes is 1. The van der Waals surface area contributed by atoms with Crippen molar-refractivity contribution in [2.24, 2.45) is 10.7 Å². The smallest absolute Gasteiger partial charge is 0.150 e. The van der Waals surface area contributed by atoms with Crippen molar-refractivity contribution in [3.05, 3.63) is 65.4 Å². The molecule has 0 saturated heterocycles. The third kappa shape index (κ3) is 8.41. The Bertz CT molecular complexity index is 823. The van der Waals surface area contributed by atoms with Gasteiger partial charge in [-0.25, -0.2) is 0 Å². The van der Waals surface area contributed by atoms with E-state index < -0.39 is 0 Å². The van der Waals surface area contributed by atoms with E-state index in [-0.39, 0.29) is 0 Å². The summed E-state index contributed by atoms with van der Waals surface area (Å²) in [4.78, 5) is 15.9. The van der Waals surface area contributed by atoms with Gasteiger partial charge in [0.15, 0.2) is 0 Å². The van der Waals surface area contributed by atoms with E-state index in [0.717, 1.165) is 28.9 Å². The number of hydrogen-bond acceptors (Lipinski definition) is 7. The molecule has 0 aliphatic rings. The van der Waals surface area contributed by atoms with E-state index in [2.05, 4.69) is 28.8 Å². The molecule has 0 heterocycles. The van der Waals surface area contributed by atoms with Gasteiger partial charge in [0.05, 0.1) is 25.7 Å². The van der Waals surface area contributed by atoms with E-state index >= 15 is 0 Å². The molecule has 0 bridgehead atoms. The van der Waals surface area contributed by atoms with Gasteiger partial charge < -0.3 is 15.2 Å². The van der Waals surface area contributed by atoms with Crippen molar-refractivity contribution in [2.75, 3.05) is 21.3 Å². The lowest BCUT2D eigenvalue weighted by molar-refractivity contribution is 0.112. The first-order valence-corrected chi connectivity index (χ1v) is 9.94. The summed E-state index contributed by atoms with van der Waals surface area (Å²) in [6, 6.07) is 11.5. The molecule has 7 heteroatoms. The topological polar surface area (TPSA) is 85.9 Å². The van der Waals surface area contributed by atoms with Crippen LogP contribution in [0, 0.1) is 0 Å². The SMILES string of the molecule is CCc1ccc(OC)c(SNC)c1.COc1cc(C=O)ccc1CN=C/C=C\N. The van der Waals surface area contributed by atoms with E-state index in [1.165, 1.54) is 11.8 Å². The first-order valence-electron chi connectivity index (χ1n) is 9.12. The first-order chi connectivity index (χ1) is 14.1. The number of nitrogens with zero attached hydrogens (tertiary/aromatic N) is 1. The molecule has 0 spiro atoms. The molecule has 29 heavy (non-hydrogen) atoms. The summed E-state index contributed by atoms with van der Waals surface area (Å²) in [5.41, 5.74) is 8.01. The predicted octanol–water partition coefficient (Wildman–Crippen LogP) is 4.04. The van der Waals surface area contributed by atoms with Crippen LogP contribution in [0.5, 0.6) is 11.5 Å². The van der Waals surface area contributed by atoms with Crippen LogP contribution >= 0.6 is 11.9 Å². The summed E-state index contributed by atoms with van der Waals surface area (Å²) in [5, 5.41) is 0. The van der Waals surface area contributed by atoms with Crippen molar-refractivity contribution in [3.8, 4) is 11.5 Å². The minimum absolute atomic E-state index is 0.493. The van der Waals surface area contributed by atoms with Crippen LogP contribution in [0.15, 0.2) is 58.6 Å². The van der Waals surface area contributed by atoms with Gasteiger partial charge in [-0.3, -0.25) is 14.5 Å². The van der Waals surface area contributed by atoms with Crippen LogP contribution in [0.3, 0.4) is 0 Å². The molecule has 0 fully saturated rings. The quantitative estimate of drug-likeness (QED) is 0.365. The highest BCUT2D eigenvalue weighted by Crippen LogP contribution is 2.28. The second-order valence-corrected chi connectivity index (χ2v) is 6.76. The van der Waals surface area contributed by atoms with Crippen LogP contribution in [-0.2, 0) is 13.0 Å². The van der Waals surface area contributed by atoms with Gasteiger partial charge in [-0.1, -0.05) is 25.1 Å². The Morgan fingerprint density at radius 2 is 1.90 bits per heavy atom. The molecule has 0 aromatic heterocycles. The van der Waals surface area contributed by atoms with Crippen LogP contribution in [0.1, 0.15) is 28.4 Å². The van der Waals surface area contributed by atoms with E-state index in [9.17, 15) is 4.79 Å². The molecule has 0 saturated carbocycles. The summed E-state index contributed by atoms with van der Waals surface area (Å²) < 4.78 is 13.5. The highest BCUT2D eigenvalue weighted by Gasteiger charge is 2.03. The van der Waals surface area contributed by atoms with Gasteiger partial charge in [0.2, 0.25) is 0 Å². The van der Waals surface area contributed by atoms with Gasteiger partial charge in [0, 0.05) is 17.3 Å². The molecule has 3 N–H and O–H groups in total. The number of benzene rings is 2. The lowest BCUT2D eigenvalue weighted by Crippen LogP contribution is -1.95. The molecule has 6 nitrogen and oxygen atoms in total. The summed E-state index contributed by atoms with van der Waals surface area (Å²) in [6.07, 6.45) is 6.52. The molecular formula is C22H29N3O3S. The standard InChI is InChI=1S/C12H14N2O2.C10H15NOS/c1-16-12-7-10(9-15)3-4-11(12)8-14-6-2-5-13;1-4-8-5-6-9(12-3)10(7-8)13-11-2/h2-7,9H,8,13H2,1H3;5-7,11H,4H2,1-3H3/b5-2-,14-6?;. The van der Waals surface area contributed by atoms with Crippen molar-refractivity contribution < 1.29 is 14.3 Å². The zero-order valence-electron chi connectivity index (χ0n) is 17.3. The largest absolute Gasteiger partial charge is 0.496 e. The fraction of sp³-hybridized carbons (Fsp3) is 0.273. The minimum atomic E-state index is 0.493. The van der Waals surface area contributed by atoms with E-state index in [1.807, 2.05) is 19.2 Å². The average Bonchev–Trinajstić information content (AvgIpc) is 2.77. The van der Waals surface area contributed by atoms with Crippen LogP contribution in [0.2, 0.25) is 0 Å². The molecule has 156 valence electrons. The summed E-state index contributed by atoms with van der Waals surface area (Å²) in [7, 11) is 5.17. The number of nitrogens with two attached hydrogens (primary N) is 1. The molecule has 0 aliphatic heterocycles. The third-order valence-electron chi connectivity index (χ3n) is 3.86. The number of allylic oxidation sites excluding steroid dienone is 1. The Kier molecular flexibility index (Phi) is 11.9. The zero-order valence-corrected chi connectivity index (χ0v) is 18.2. The Morgan fingerprint density at radius 3 is 2.48 bits per heavy atom. The highest BCUT2D eigenvalue weighted by atomic mass is 32.2. The van der Waals surface area contributed by atoms with Crippen molar-refractivity contribution >= 4 is 24.4 Å². The van der Waals surface area contributed by atoms with Crippen molar-refractivity contribution in [3.63, 3.8) is 0 Å². The Morgan fingerprint density at radius 1 is 1.14 bits per heavy atom. The van der Waals surface area contributed by atoms with Crippen LogP contribution in [0.25, 0.3) is 0 Å². The van der Waals surface area contributed by atoms with Crippen LogP contribution < -0.4 is 19.9 Å². The molecule has 0 amide bonds. The van der Waals surface area contributed by atoms with Gasteiger partial charge in [0.25, 0.3) is 0 Å². The maximum atomic E-state index is 10.6. The molecule has 0 aliphatic carbocycles. The monoisotopic (exact) mass is 415 g/mol. The Balaban J connectivity index is 0.000000296. The van der Waals surface area contributed by atoms with E-state index in [1.54, 1.807) is 50.6 Å². The molecule has 0 atom stereocenters. The van der Waals surface area contributed by atoms with Crippen LogP contribution in [-0.4, -0.2) is 33.8 Å². The number of carbonyl (C=O) groups excluding carboxylic acids is 1. The fourth-order valence-corrected chi connectivity index (χ4v) is 3.04. The average molecular weight is 416 g/mol.